The largest absolute Gasteiger partial charge is 0.378 e. The van der Waals surface area contributed by atoms with Crippen LogP contribution in [-0.4, -0.2) is 23.9 Å². The Morgan fingerprint density at radius 3 is 2.57 bits per heavy atom. The molecule has 0 aromatic heterocycles. The Kier molecular flexibility index (Phi) is 4.52. The molecule has 0 bridgehead atoms. The number of nitrogens with zero attached hydrogens (tertiary/aromatic N) is 2. The van der Waals surface area contributed by atoms with Crippen LogP contribution in [0.5, 0.6) is 0 Å². The molecule has 2 aromatic carbocycles. The van der Waals surface area contributed by atoms with Gasteiger partial charge in [0, 0.05) is 11.4 Å². The highest BCUT2D eigenvalue weighted by Gasteiger charge is 2.19. The molecule has 23 heavy (non-hydrogen) atoms. The van der Waals surface area contributed by atoms with E-state index >= 15 is 0 Å². The summed E-state index contributed by atoms with van der Waals surface area (Å²) < 4.78 is 13.0. The number of rotatable bonds is 4. The monoisotopic (exact) mass is 328 g/mol. The maximum absolute atomic E-state index is 13.0. The summed E-state index contributed by atoms with van der Waals surface area (Å²) in [4.78, 5) is 2.74. The molecule has 3 rings (SSSR count). The second kappa shape index (κ2) is 6.75. The number of amidine groups is 1. The Bertz CT molecular complexity index is 725. The lowest BCUT2D eigenvalue weighted by Gasteiger charge is -2.30. The van der Waals surface area contributed by atoms with Gasteiger partial charge in [0.15, 0.2) is 0 Å². The number of nitrogens with one attached hydrogen (secondary N) is 2. The Morgan fingerprint density at radius 2 is 1.87 bits per heavy atom. The van der Waals surface area contributed by atoms with E-state index in [4.69, 9.17) is 12.2 Å². The first-order valence-electron chi connectivity index (χ1n) is 7.31. The van der Waals surface area contributed by atoms with Gasteiger partial charge >= 0.3 is 0 Å². The number of aryl methyl sites for hydroxylation is 1. The van der Waals surface area contributed by atoms with Crippen molar-refractivity contribution in [3.63, 3.8) is 0 Å². The lowest BCUT2D eigenvalue weighted by atomic mass is 10.2. The molecular formula is C17H17FN4S. The lowest BCUT2D eigenvalue weighted by Crippen LogP contribution is -2.47. The first kappa shape index (κ1) is 15.4. The van der Waals surface area contributed by atoms with Gasteiger partial charge in [0.2, 0.25) is 0 Å². The van der Waals surface area contributed by atoms with Crippen LogP contribution in [0.25, 0.3) is 0 Å². The number of hydrogen-bond donors (Lipinski definition) is 2. The van der Waals surface area contributed by atoms with Crippen LogP contribution in [0.4, 0.5) is 15.8 Å². The molecule has 4 nitrogen and oxygen atoms in total. The zero-order valence-corrected chi connectivity index (χ0v) is 13.5. The fourth-order valence-electron chi connectivity index (χ4n) is 2.31. The van der Waals surface area contributed by atoms with E-state index in [0.29, 0.717) is 18.1 Å². The molecule has 0 saturated heterocycles. The van der Waals surface area contributed by atoms with Crippen molar-refractivity contribution in [2.24, 2.45) is 5.10 Å². The zero-order valence-electron chi connectivity index (χ0n) is 12.7. The van der Waals surface area contributed by atoms with Crippen LogP contribution >= 0.6 is 12.2 Å². The average molecular weight is 328 g/mol. The van der Waals surface area contributed by atoms with Gasteiger partial charge in [0.05, 0.1) is 13.1 Å². The van der Waals surface area contributed by atoms with Crippen LogP contribution in [0.15, 0.2) is 53.6 Å². The summed E-state index contributed by atoms with van der Waals surface area (Å²) in [5, 5.41) is 7.58. The minimum atomic E-state index is -0.251. The maximum Gasteiger partial charge on any atom is 0.149 e. The second-order valence-corrected chi connectivity index (χ2v) is 5.84. The van der Waals surface area contributed by atoms with Crippen molar-refractivity contribution in [2.75, 3.05) is 23.3 Å². The van der Waals surface area contributed by atoms with Gasteiger partial charge in [-0.05, 0) is 43.3 Å². The quantitative estimate of drug-likeness (QED) is 0.845. The molecule has 0 fully saturated rings. The van der Waals surface area contributed by atoms with Gasteiger partial charge in [-0.15, -0.1) is 0 Å². The van der Waals surface area contributed by atoms with Crippen molar-refractivity contribution in [3.8, 4) is 0 Å². The molecule has 0 amide bonds. The Hall–Kier alpha value is -2.47. The standard InChI is InChI=1S/C17H17FN4S/c1-12-2-8-15(9-3-12)22-11-17(23)21-20-16(22)10-19-14-6-4-13(18)5-7-14/h2-9,19H,10-11H2,1H3,(H,21,23). The summed E-state index contributed by atoms with van der Waals surface area (Å²) in [7, 11) is 0. The molecule has 0 spiro atoms. The molecule has 1 aliphatic rings. The predicted molar refractivity (Wildman–Crippen MR) is 96.6 cm³/mol. The highest BCUT2D eigenvalue weighted by Crippen LogP contribution is 2.18. The summed E-state index contributed by atoms with van der Waals surface area (Å²) in [5.41, 5.74) is 5.95. The van der Waals surface area contributed by atoms with E-state index in [0.717, 1.165) is 17.2 Å². The third-order valence-electron chi connectivity index (χ3n) is 3.56. The van der Waals surface area contributed by atoms with E-state index in [-0.39, 0.29) is 5.82 Å². The molecule has 2 N–H and O–H groups in total. The molecule has 6 heteroatoms. The predicted octanol–water partition coefficient (Wildman–Crippen LogP) is 3.30. The first-order chi connectivity index (χ1) is 11.1. The minimum Gasteiger partial charge on any atom is -0.378 e. The Balaban J connectivity index is 1.76. The number of thiocarbonyl (C=S) groups is 1. The normalized spacial score (nSPS) is 14.3. The molecule has 0 unspecified atom stereocenters. The molecule has 118 valence electrons. The molecule has 0 atom stereocenters. The zero-order chi connectivity index (χ0) is 16.2. The van der Waals surface area contributed by atoms with Gasteiger partial charge in [-0.1, -0.05) is 29.9 Å². The summed E-state index contributed by atoms with van der Waals surface area (Å²) in [6.07, 6.45) is 0. The van der Waals surface area contributed by atoms with Gasteiger partial charge in [-0.3, -0.25) is 5.43 Å². The van der Waals surface area contributed by atoms with Crippen LogP contribution in [0, 0.1) is 12.7 Å². The van der Waals surface area contributed by atoms with Crippen molar-refractivity contribution in [2.45, 2.75) is 6.92 Å². The molecule has 1 heterocycles. The van der Waals surface area contributed by atoms with E-state index in [2.05, 4.69) is 51.9 Å². The van der Waals surface area contributed by atoms with Crippen molar-refractivity contribution in [1.29, 1.82) is 0 Å². The summed E-state index contributed by atoms with van der Waals surface area (Å²) in [5.74, 6) is 0.575. The fraction of sp³-hybridized carbons (Fsp3) is 0.176. The van der Waals surface area contributed by atoms with Crippen LogP contribution in [-0.2, 0) is 0 Å². The van der Waals surface area contributed by atoms with Gasteiger partial charge in [-0.2, -0.15) is 5.10 Å². The fourth-order valence-corrected chi connectivity index (χ4v) is 2.48. The molecule has 2 aromatic rings. The Labute approximate surface area is 140 Å². The SMILES string of the molecule is Cc1ccc(N2CC(=S)NN=C2CNc2ccc(F)cc2)cc1. The molecular weight excluding hydrogens is 311 g/mol. The first-order valence-corrected chi connectivity index (χ1v) is 7.72. The summed E-state index contributed by atoms with van der Waals surface area (Å²) >= 11 is 5.23. The van der Waals surface area contributed by atoms with Crippen LogP contribution < -0.4 is 15.6 Å². The molecule has 0 aliphatic carbocycles. The van der Waals surface area contributed by atoms with E-state index in [9.17, 15) is 4.39 Å². The minimum absolute atomic E-state index is 0.251. The molecule has 0 saturated carbocycles. The summed E-state index contributed by atoms with van der Waals surface area (Å²) in [6.45, 7) is 3.15. The second-order valence-electron chi connectivity index (χ2n) is 5.35. The van der Waals surface area contributed by atoms with Gasteiger partial charge in [-0.25, -0.2) is 4.39 Å². The van der Waals surface area contributed by atoms with Crippen molar-refractivity contribution in [3.05, 3.63) is 59.9 Å². The highest BCUT2D eigenvalue weighted by molar-refractivity contribution is 7.80. The number of benzene rings is 2. The van der Waals surface area contributed by atoms with Crippen LogP contribution in [0.1, 0.15) is 5.56 Å². The van der Waals surface area contributed by atoms with E-state index in [1.165, 1.54) is 17.7 Å². The number of hydrazone groups is 1. The maximum atomic E-state index is 13.0. The van der Waals surface area contributed by atoms with E-state index in [1.807, 2.05) is 0 Å². The van der Waals surface area contributed by atoms with Crippen molar-refractivity contribution >= 4 is 34.4 Å². The average Bonchev–Trinajstić information content (AvgIpc) is 2.56. The number of hydrogen-bond acceptors (Lipinski definition) is 4. The van der Waals surface area contributed by atoms with Gasteiger partial charge < -0.3 is 10.2 Å². The van der Waals surface area contributed by atoms with E-state index in [1.54, 1.807) is 12.1 Å². The molecule has 0 radical (unpaired) electrons. The molecule has 1 aliphatic heterocycles. The highest BCUT2D eigenvalue weighted by atomic mass is 32.1. The van der Waals surface area contributed by atoms with Gasteiger partial charge in [0.25, 0.3) is 0 Å². The van der Waals surface area contributed by atoms with E-state index < -0.39 is 0 Å². The number of anilines is 2. The third-order valence-corrected chi connectivity index (χ3v) is 3.78. The third kappa shape index (κ3) is 3.84. The smallest absolute Gasteiger partial charge is 0.149 e. The van der Waals surface area contributed by atoms with Crippen molar-refractivity contribution < 1.29 is 4.39 Å². The topological polar surface area (TPSA) is 39.7 Å². The van der Waals surface area contributed by atoms with Crippen LogP contribution in [0.2, 0.25) is 0 Å². The van der Waals surface area contributed by atoms with Gasteiger partial charge in [0.1, 0.15) is 16.6 Å². The lowest BCUT2D eigenvalue weighted by molar-refractivity contribution is 0.628. The van der Waals surface area contributed by atoms with Crippen LogP contribution in [0.3, 0.4) is 0 Å². The summed E-state index contributed by atoms with van der Waals surface area (Å²) in [6, 6.07) is 14.5. The number of halogens is 1. The Morgan fingerprint density at radius 1 is 1.17 bits per heavy atom. The van der Waals surface area contributed by atoms with Crippen molar-refractivity contribution in [1.82, 2.24) is 5.43 Å².